The molecule has 2 aromatic rings. The van der Waals surface area contributed by atoms with E-state index < -0.39 is 5.97 Å². The largest absolute Gasteiger partial charge is 0.480 e. The lowest BCUT2D eigenvalue weighted by Gasteiger charge is -2.34. The number of likely N-dealkylation sites (N-methyl/N-ethyl adjacent to an activating group) is 1. The average molecular weight is 340 g/mol. The molecule has 1 unspecified atom stereocenters. The van der Waals surface area contributed by atoms with Gasteiger partial charge in [-0.15, -0.1) is 0 Å². The smallest absolute Gasteiger partial charge is 0.317 e. The van der Waals surface area contributed by atoms with Gasteiger partial charge in [0.2, 0.25) is 0 Å². The van der Waals surface area contributed by atoms with Crippen molar-refractivity contribution in [1.29, 1.82) is 0 Å². The summed E-state index contributed by atoms with van der Waals surface area (Å²) in [7, 11) is 1.77. The molecule has 0 bridgehead atoms. The molecule has 0 aliphatic carbocycles. The van der Waals surface area contributed by atoms with Crippen LogP contribution in [0.5, 0.6) is 0 Å². The highest BCUT2D eigenvalue weighted by Gasteiger charge is 2.25. The highest BCUT2D eigenvalue weighted by atomic mass is 35.5. The molecule has 3 rings (SSSR count). The Bertz CT molecular complexity index is 705. The highest BCUT2D eigenvalue weighted by molar-refractivity contribution is 6.31. The van der Waals surface area contributed by atoms with Gasteiger partial charge in [-0.05, 0) is 25.2 Å². The molecule has 1 fully saturated rings. The fourth-order valence-electron chi connectivity index (χ4n) is 2.79. The minimum Gasteiger partial charge on any atom is -0.480 e. The molecule has 1 N–H and O–H groups in total. The second-order valence-electron chi connectivity index (χ2n) is 5.68. The van der Waals surface area contributed by atoms with Gasteiger partial charge >= 0.3 is 5.97 Å². The number of carbonyl (C=O) groups is 1. The first kappa shape index (κ1) is 16.0. The van der Waals surface area contributed by atoms with E-state index in [1.54, 1.807) is 24.1 Å². The SMILES string of the molecule is CN(CC(=O)O)CC1CN(c2noc3ccc(Cl)cc23)CCO1. The maximum Gasteiger partial charge on any atom is 0.317 e. The second-order valence-corrected chi connectivity index (χ2v) is 6.11. The zero-order valence-electron chi connectivity index (χ0n) is 12.7. The number of carboxylic acids is 1. The number of carboxylic acid groups (broad SMARTS) is 1. The molecule has 23 heavy (non-hydrogen) atoms. The zero-order chi connectivity index (χ0) is 16.4. The number of halogens is 1. The monoisotopic (exact) mass is 339 g/mol. The van der Waals surface area contributed by atoms with Crippen LogP contribution in [0.1, 0.15) is 0 Å². The van der Waals surface area contributed by atoms with E-state index in [2.05, 4.69) is 10.1 Å². The topological polar surface area (TPSA) is 79.0 Å². The van der Waals surface area contributed by atoms with Crippen LogP contribution in [0.2, 0.25) is 5.02 Å². The van der Waals surface area contributed by atoms with E-state index in [0.29, 0.717) is 36.8 Å². The van der Waals surface area contributed by atoms with Crippen molar-refractivity contribution in [2.45, 2.75) is 6.10 Å². The molecule has 1 atom stereocenters. The van der Waals surface area contributed by atoms with Crippen LogP contribution in [0.3, 0.4) is 0 Å². The Morgan fingerprint density at radius 2 is 2.39 bits per heavy atom. The van der Waals surface area contributed by atoms with Crippen LogP contribution in [0, 0.1) is 0 Å². The molecule has 1 saturated heterocycles. The van der Waals surface area contributed by atoms with Crippen molar-refractivity contribution in [3.63, 3.8) is 0 Å². The fraction of sp³-hybridized carbons (Fsp3) is 0.467. The van der Waals surface area contributed by atoms with Gasteiger partial charge in [0, 0.05) is 24.7 Å². The molecule has 1 aromatic heterocycles. The second kappa shape index (κ2) is 6.74. The number of fused-ring (bicyclic) bond motifs is 1. The van der Waals surface area contributed by atoms with Crippen molar-refractivity contribution < 1.29 is 19.2 Å². The lowest BCUT2D eigenvalue weighted by atomic mass is 10.2. The summed E-state index contributed by atoms with van der Waals surface area (Å²) in [6, 6.07) is 5.40. The van der Waals surface area contributed by atoms with Gasteiger partial charge in [-0.3, -0.25) is 9.69 Å². The van der Waals surface area contributed by atoms with Crippen molar-refractivity contribution >= 4 is 34.4 Å². The standard InChI is InChI=1S/C15H18ClN3O4/c1-18(9-14(20)21)7-11-8-19(4-5-22-11)15-12-6-10(16)2-3-13(12)23-17-15/h2-3,6,11H,4-5,7-9H2,1H3,(H,20,21). The number of benzene rings is 1. The molecule has 1 aliphatic rings. The molecule has 0 spiro atoms. The summed E-state index contributed by atoms with van der Waals surface area (Å²) in [5, 5.41) is 14.5. The highest BCUT2D eigenvalue weighted by Crippen LogP contribution is 2.29. The molecule has 0 saturated carbocycles. The van der Waals surface area contributed by atoms with Crippen LogP contribution < -0.4 is 4.90 Å². The molecular weight excluding hydrogens is 322 g/mol. The Labute approximate surface area is 138 Å². The van der Waals surface area contributed by atoms with Crippen LogP contribution in [-0.4, -0.2) is 67.1 Å². The first-order valence-electron chi connectivity index (χ1n) is 7.35. The predicted molar refractivity (Wildman–Crippen MR) is 86.1 cm³/mol. The van der Waals surface area contributed by atoms with Crippen LogP contribution >= 0.6 is 11.6 Å². The third kappa shape index (κ3) is 3.74. The van der Waals surface area contributed by atoms with Gasteiger partial charge in [-0.25, -0.2) is 0 Å². The number of hydrogen-bond donors (Lipinski definition) is 1. The van der Waals surface area contributed by atoms with Crippen molar-refractivity contribution in [3.05, 3.63) is 23.2 Å². The van der Waals surface area contributed by atoms with E-state index in [1.165, 1.54) is 0 Å². The van der Waals surface area contributed by atoms with Crippen LogP contribution in [0.15, 0.2) is 22.7 Å². The molecule has 0 radical (unpaired) electrons. The van der Waals surface area contributed by atoms with E-state index in [4.69, 9.17) is 26.0 Å². The van der Waals surface area contributed by atoms with E-state index in [1.807, 2.05) is 6.07 Å². The number of nitrogens with zero attached hydrogens (tertiary/aromatic N) is 3. The summed E-state index contributed by atoms with van der Waals surface area (Å²) in [5.74, 6) is -0.103. The molecule has 7 nitrogen and oxygen atoms in total. The lowest BCUT2D eigenvalue weighted by molar-refractivity contribution is -0.138. The Morgan fingerprint density at radius 1 is 1.57 bits per heavy atom. The number of rotatable bonds is 5. The summed E-state index contributed by atoms with van der Waals surface area (Å²) in [4.78, 5) is 14.6. The summed E-state index contributed by atoms with van der Waals surface area (Å²) in [5.41, 5.74) is 0.690. The number of hydrogen-bond acceptors (Lipinski definition) is 6. The Balaban J connectivity index is 1.72. The van der Waals surface area contributed by atoms with Gasteiger partial charge in [0.05, 0.1) is 24.6 Å². The summed E-state index contributed by atoms with van der Waals surface area (Å²) in [6.45, 7) is 2.41. The summed E-state index contributed by atoms with van der Waals surface area (Å²) in [6.07, 6.45) is -0.0842. The van der Waals surface area contributed by atoms with Gasteiger partial charge in [0.1, 0.15) is 0 Å². The maximum atomic E-state index is 10.8. The number of aromatic nitrogens is 1. The molecule has 2 heterocycles. The van der Waals surface area contributed by atoms with Crippen molar-refractivity contribution in [2.75, 3.05) is 44.7 Å². The summed E-state index contributed by atoms with van der Waals surface area (Å²) < 4.78 is 11.1. The van der Waals surface area contributed by atoms with E-state index in [-0.39, 0.29) is 12.6 Å². The molecule has 124 valence electrons. The molecule has 1 aliphatic heterocycles. The molecule has 0 amide bonds. The van der Waals surface area contributed by atoms with Gasteiger partial charge < -0.3 is 19.3 Å². The number of ether oxygens (including phenoxy) is 1. The lowest BCUT2D eigenvalue weighted by Crippen LogP contribution is -2.47. The quantitative estimate of drug-likeness (QED) is 0.888. The van der Waals surface area contributed by atoms with Gasteiger partial charge in [0.25, 0.3) is 0 Å². The molecular formula is C15H18ClN3O4. The minimum absolute atomic E-state index is 0.0115. The van der Waals surface area contributed by atoms with E-state index in [0.717, 1.165) is 11.2 Å². The maximum absolute atomic E-state index is 10.8. The Hall–Kier alpha value is -1.83. The van der Waals surface area contributed by atoms with Crippen LogP contribution in [0.4, 0.5) is 5.82 Å². The number of aliphatic carboxylic acids is 1. The van der Waals surface area contributed by atoms with Crippen molar-refractivity contribution in [2.24, 2.45) is 0 Å². The third-order valence-electron chi connectivity index (χ3n) is 3.77. The molecule has 1 aromatic carbocycles. The van der Waals surface area contributed by atoms with Gasteiger partial charge in [0.15, 0.2) is 11.4 Å². The van der Waals surface area contributed by atoms with Crippen molar-refractivity contribution in [1.82, 2.24) is 10.1 Å². The zero-order valence-corrected chi connectivity index (χ0v) is 13.5. The van der Waals surface area contributed by atoms with Crippen LogP contribution in [-0.2, 0) is 9.53 Å². The van der Waals surface area contributed by atoms with Crippen molar-refractivity contribution in [3.8, 4) is 0 Å². The number of anilines is 1. The average Bonchev–Trinajstić information content (AvgIpc) is 2.89. The minimum atomic E-state index is -0.850. The Morgan fingerprint density at radius 3 is 3.17 bits per heavy atom. The van der Waals surface area contributed by atoms with Gasteiger partial charge in [-0.2, -0.15) is 0 Å². The van der Waals surface area contributed by atoms with Crippen LogP contribution in [0.25, 0.3) is 11.0 Å². The van der Waals surface area contributed by atoms with E-state index >= 15 is 0 Å². The van der Waals surface area contributed by atoms with Gasteiger partial charge in [-0.1, -0.05) is 16.8 Å². The third-order valence-corrected chi connectivity index (χ3v) is 4.01. The normalized spacial score (nSPS) is 18.7. The summed E-state index contributed by atoms with van der Waals surface area (Å²) >= 11 is 6.06. The predicted octanol–water partition coefficient (Wildman–Crippen LogP) is 1.70. The first-order chi connectivity index (χ1) is 11.0. The van der Waals surface area contributed by atoms with E-state index in [9.17, 15) is 4.79 Å². The Kier molecular flexibility index (Phi) is 4.70. The fourth-order valence-corrected chi connectivity index (χ4v) is 2.96. The first-order valence-corrected chi connectivity index (χ1v) is 7.72. The number of morpholine rings is 1. The molecule has 8 heteroatoms.